The van der Waals surface area contributed by atoms with Crippen molar-refractivity contribution >= 4 is 5.91 Å². The molecule has 0 spiro atoms. The van der Waals surface area contributed by atoms with E-state index in [0.717, 1.165) is 36.9 Å². The lowest BCUT2D eigenvalue weighted by Gasteiger charge is -2.34. The Balaban J connectivity index is 1.64. The standard InChI is InChI=1S/C19H30N2O/c1-15-11-16(2)14-21(13-15)10-6-9-20-19(22)12-18-8-5-4-7-17(18)3/h4-5,7-8,15-16H,6,9-14H2,1-3H3,(H,20,22)/t15-,16+. The molecule has 1 aromatic carbocycles. The lowest BCUT2D eigenvalue weighted by atomic mass is 9.92. The molecule has 3 nitrogen and oxygen atoms in total. The van der Waals surface area contributed by atoms with Gasteiger partial charge in [-0.3, -0.25) is 4.79 Å². The fraction of sp³-hybridized carbons (Fsp3) is 0.632. The number of carbonyl (C=O) groups excluding carboxylic acids is 1. The number of piperidine rings is 1. The van der Waals surface area contributed by atoms with Crippen molar-refractivity contribution in [2.24, 2.45) is 11.8 Å². The van der Waals surface area contributed by atoms with Gasteiger partial charge in [0.15, 0.2) is 0 Å². The molecule has 0 saturated carbocycles. The fourth-order valence-corrected chi connectivity index (χ4v) is 3.55. The van der Waals surface area contributed by atoms with Gasteiger partial charge in [-0.1, -0.05) is 38.1 Å². The van der Waals surface area contributed by atoms with Crippen LogP contribution in [0.2, 0.25) is 0 Å². The van der Waals surface area contributed by atoms with Crippen LogP contribution in [0.15, 0.2) is 24.3 Å². The maximum atomic E-state index is 12.0. The SMILES string of the molecule is Cc1ccccc1CC(=O)NCCCN1C[C@H](C)C[C@H](C)C1. The summed E-state index contributed by atoms with van der Waals surface area (Å²) in [6.07, 6.45) is 2.88. The Morgan fingerprint density at radius 3 is 2.59 bits per heavy atom. The molecule has 1 N–H and O–H groups in total. The summed E-state index contributed by atoms with van der Waals surface area (Å²) >= 11 is 0. The molecule has 0 radical (unpaired) electrons. The Kier molecular flexibility index (Phi) is 6.44. The van der Waals surface area contributed by atoms with Crippen LogP contribution in [0.1, 0.15) is 37.8 Å². The van der Waals surface area contributed by atoms with Crippen LogP contribution >= 0.6 is 0 Å². The van der Waals surface area contributed by atoms with Crippen LogP contribution in [0.25, 0.3) is 0 Å². The molecule has 1 saturated heterocycles. The van der Waals surface area contributed by atoms with Crippen LogP contribution in [0, 0.1) is 18.8 Å². The van der Waals surface area contributed by atoms with Crippen LogP contribution in [0.3, 0.4) is 0 Å². The van der Waals surface area contributed by atoms with Gasteiger partial charge in [-0.05, 0) is 49.3 Å². The number of carbonyl (C=O) groups is 1. The topological polar surface area (TPSA) is 32.3 Å². The van der Waals surface area contributed by atoms with E-state index < -0.39 is 0 Å². The van der Waals surface area contributed by atoms with E-state index in [9.17, 15) is 4.79 Å². The molecule has 0 aromatic heterocycles. The molecule has 1 aliphatic rings. The summed E-state index contributed by atoms with van der Waals surface area (Å²) in [5, 5.41) is 3.05. The summed E-state index contributed by atoms with van der Waals surface area (Å²) in [6, 6.07) is 8.10. The molecule has 1 aromatic rings. The Hall–Kier alpha value is -1.35. The third-order valence-corrected chi connectivity index (χ3v) is 4.53. The van der Waals surface area contributed by atoms with Gasteiger partial charge in [-0.15, -0.1) is 0 Å². The Morgan fingerprint density at radius 1 is 1.23 bits per heavy atom. The predicted octanol–water partition coefficient (Wildman–Crippen LogP) is 3.02. The minimum atomic E-state index is 0.134. The predicted molar refractivity (Wildman–Crippen MR) is 91.9 cm³/mol. The largest absolute Gasteiger partial charge is 0.356 e. The molecule has 3 heteroatoms. The highest BCUT2D eigenvalue weighted by atomic mass is 16.1. The molecule has 0 unspecified atom stereocenters. The lowest BCUT2D eigenvalue weighted by Crippen LogP contribution is -2.40. The second-order valence-corrected chi connectivity index (χ2v) is 7.01. The van der Waals surface area contributed by atoms with Crippen molar-refractivity contribution < 1.29 is 4.79 Å². The number of nitrogens with zero attached hydrogens (tertiary/aromatic N) is 1. The van der Waals surface area contributed by atoms with E-state index in [1.54, 1.807) is 0 Å². The first kappa shape index (κ1) is 17.0. The van der Waals surface area contributed by atoms with E-state index in [-0.39, 0.29) is 5.91 Å². The average Bonchev–Trinajstić information content (AvgIpc) is 2.45. The van der Waals surface area contributed by atoms with Gasteiger partial charge in [0.2, 0.25) is 5.91 Å². The van der Waals surface area contributed by atoms with Gasteiger partial charge >= 0.3 is 0 Å². The zero-order valence-electron chi connectivity index (χ0n) is 14.3. The van der Waals surface area contributed by atoms with Gasteiger partial charge in [0.1, 0.15) is 0 Å². The number of rotatable bonds is 6. The van der Waals surface area contributed by atoms with Crippen molar-refractivity contribution in [2.75, 3.05) is 26.2 Å². The highest BCUT2D eigenvalue weighted by Gasteiger charge is 2.20. The number of hydrogen-bond acceptors (Lipinski definition) is 2. The van der Waals surface area contributed by atoms with Crippen LogP contribution in [-0.2, 0) is 11.2 Å². The van der Waals surface area contributed by atoms with Crippen molar-refractivity contribution in [2.45, 2.75) is 40.0 Å². The summed E-state index contributed by atoms with van der Waals surface area (Å²) < 4.78 is 0. The van der Waals surface area contributed by atoms with Gasteiger partial charge < -0.3 is 10.2 Å². The number of likely N-dealkylation sites (tertiary alicyclic amines) is 1. The van der Waals surface area contributed by atoms with Gasteiger partial charge in [-0.2, -0.15) is 0 Å². The molecule has 122 valence electrons. The first-order valence-corrected chi connectivity index (χ1v) is 8.58. The van der Waals surface area contributed by atoms with Crippen molar-refractivity contribution in [3.8, 4) is 0 Å². The molecule has 0 aliphatic carbocycles. The van der Waals surface area contributed by atoms with Gasteiger partial charge in [-0.25, -0.2) is 0 Å². The second-order valence-electron chi connectivity index (χ2n) is 7.01. The summed E-state index contributed by atoms with van der Waals surface area (Å²) in [7, 11) is 0. The van der Waals surface area contributed by atoms with E-state index in [4.69, 9.17) is 0 Å². The van der Waals surface area contributed by atoms with Crippen LogP contribution in [-0.4, -0.2) is 37.0 Å². The first-order chi connectivity index (χ1) is 10.5. The number of amides is 1. The number of hydrogen-bond donors (Lipinski definition) is 1. The zero-order chi connectivity index (χ0) is 15.9. The molecule has 1 heterocycles. The molecular formula is C19H30N2O. The molecule has 1 fully saturated rings. The molecular weight excluding hydrogens is 272 g/mol. The van der Waals surface area contributed by atoms with Crippen molar-refractivity contribution in [1.82, 2.24) is 10.2 Å². The Morgan fingerprint density at radius 2 is 1.91 bits per heavy atom. The number of benzene rings is 1. The summed E-state index contributed by atoms with van der Waals surface area (Å²) in [5.74, 6) is 1.74. The number of nitrogens with one attached hydrogen (secondary N) is 1. The van der Waals surface area contributed by atoms with Gasteiger partial charge in [0.25, 0.3) is 0 Å². The smallest absolute Gasteiger partial charge is 0.224 e. The minimum Gasteiger partial charge on any atom is -0.356 e. The third-order valence-electron chi connectivity index (χ3n) is 4.53. The van der Waals surface area contributed by atoms with E-state index in [2.05, 4.69) is 37.1 Å². The van der Waals surface area contributed by atoms with E-state index >= 15 is 0 Å². The van der Waals surface area contributed by atoms with Gasteiger partial charge in [0.05, 0.1) is 6.42 Å². The van der Waals surface area contributed by atoms with E-state index in [0.29, 0.717) is 6.42 Å². The molecule has 1 aliphatic heterocycles. The summed E-state index contributed by atoms with van der Waals surface area (Å²) in [6.45, 7) is 11.0. The summed E-state index contributed by atoms with van der Waals surface area (Å²) in [4.78, 5) is 14.5. The molecule has 2 rings (SSSR count). The minimum absolute atomic E-state index is 0.134. The zero-order valence-corrected chi connectivity index (χ0v) is 14.3. The summed E-state index contributed by atoms with van der Waals surface area (Å²) in [5.41, 5.74) is 2.31. The van der Waals surface area contributed by atoms with Crippen LogP contribution < -0.4 is 5.32 Å². The van der Waals surface area contributed by atoms with Crippen molar-refractivity contribution in [1.29, 1.82) is 0 Å². The Labute approximate surface area is 135 Å². The van der Waals surface area contributed by atoms with Crippen molar-refractivity contribution in [3.05, 3.63) is 35.4 Å². The average molecular weight is 302 g/mol. The lowest BCUT2D eigenvalue weighted by molar-refractivity contribution is -0.120. The van der Waals surface area contributed by atoms with Crippen LogP contribution in [0.5, 0.6) is 0 Å². The second kappa shape index (κ2) is 8.33. The van der Waals surface area contributed by atoms with E-state index in [1.165, 1.54) is 25.1 Å². The Bertz CT molecular complexity index is 476. The molecule has 0 bridgehead atoms. The highest BCUT2D eigenvalue weighted by Crippen LogP contribution is 2.20. The molecule has 1 amide bonds. The quantitative estimate of drug-likeness (QED) is 0.819. The monoisotopic (exact) mass is 302 g/mol. The normalized spacial score (nSPS) is 22.5. The van der Waals surface area contributed by atoms with E-state index in [1.807, 2.05) is 18.2 Å². The fourth-order valence-electron chi connectivity index (χ4n) is 3.55. The first-order valence-electron chi connectivity index (χ1n) is 8.58. The maximum Gasteiger partial charge on any atom is 0.224 e. The van der Waals surface area contributed by atoms with Crippen molar-refractivity contribution in [3.63, 3.8) is 0 Å². The van der Waals surface area contributed by atoms with Crippen LogP contribution in [0.4, 0.5) is 0 Å². The molecule has 2 atom stereocenters. The maximum absolute atomic E-state index is 12.0. The van der Waals surface area contributed by atoms with Gasteiger partial charge in [0, 0.05) is 19.6 Å². The number of aryl methyl sites for hydroxylation is 1. The highest BCUT2D eigenvalue weighted by molar-refractivity contribution is 5.78. The third kappa shape index (κ3) is 5.45. The molecule has 22 heavy (non-hydrogen) atoms.